The molecule has 2 fully saturated rings. The first kappa shape index (κ1) is 47.4. The zero-order valence-corrected chi connectivity index (χ0v) is 38.2. The molecule has 0 aliphatic carbocycles. The van der Waals surface area contributed by atoms with E-state index in [2.05, 4.69) is 6.92 Å². The molecule has 0 aromatic heterocycles. The van der Waals surface area contributed by atoms with Crippen LogP contribution >= 0.6 is 0 Å². The van der Waals surface area contributed by atoms with Crippen LogP contribution in [0, 0.1) is 11.3 Å². The van der Waals surface area contributed by atoms with Gasteiger partial charge >= 0.3 is 17.7 Å². The van der Waals surface area contributed by atoms with Crippen LogP contribution in [0.5, 0.6) is 5.75 Å². The van der Waals surface area contributed by atoms with Crippen LogP contribution < -0.4 is 4.74 Å². The van der Waals surface area contributed by atoms with E-state index >= 15 is 0 Å². The van der Waals surface area contributed by atoms with Gasteiger partial charge < -0.3 is 38.3 Å². The smallest absolute Gasteiger partial charge is 0.346 e. The molecule has 64 heavy (non-hydrogen) atoms. The monoisotopic (exact) mass is 876 g/mol. The minimum atomic E-state index is -1.38. The van der Waals surface area contributed by atoms with Crippen LogP contribution in [0.25, 0.3) is 0 Å². The van der Waals surface area contributed by atoms with Gasteiger partial charge in [-0.2, -0.15) is 0 Å². The normalized spacial score (nSPS) is 22.3. The highest BCUT2D eigenvalue weighted by molar-refractivity contribution is 5.95. The third kappa shape index (κ3) is 12.0. The minimum Gasteiger partial charge on any atom is -0.460 e. The Kier molecular flexibility index (Phi) is 16.7. The second-order valence-electron chi connectivity index (χ2n) is 18.6. The molecule has 7 atom stereocenters. The molecule has 0 unspecified atom stereocenters. The summed E-state index contributed by atoms with van der Waals surface area (Å²) in [4.78, 5) is 27.1. The van der Waals surface area contributed by atoms with Crippen molar-refractivity contribution >= 4 is 11.9 Å². The highest BCUT2D eigenvalue weighted by Gasteiger charge is 2.47. The number of carbonyl (C=O) groups is 2. The minimum absolute atomic E-state index is 0.0460. The predicted molar refractivity (Wildman–Crippen MR) is 245 cm³/mol. The van der Waals surface area contributed by atoms with Crippen LogP contribution in [0.2, 0.25) is 0 Å². The van der Waals surface area contributed by atoms with Crippen molar-refractivity contribution in [3.8, 4) is 5.75 Å². The quantitative estimate of drug-likeness (QED) is 0.0640. The molecule has 4 aromatic rings. The molecule has 0 bridgehead atoms. The number of esters is 2. The van der Waals surface area contributed by atoms with Gasteiger partial charge in [-0.3, -0.25) is 4.79 Å². The van der Waals surface area contributed by atoms with Crippen LogP contribution in [0.1, 0.15) is 130 Å². The molecule has 4 aromatic carbocycles. The van der Waals surface area contributed by atoms with Gasteiger partial charge in [0.1, 0.15) is 24.7 Å². The van der Waals surface area contributed by atoms with Crippen molar-refractivity contribution in [2.24, 2.45) is 11.3 Å². The van der Waals surface area contributed by atoms with Crippen molar-refractivity contribution in [3.05, 3.63) is 137 Å². The van der Waals surface area contributed by atoms with E-state index in [1.807, 2.05) is 123 Å². The van der Waals surface area contributed by atoms with Crippen molar-refractivity contribution in [2.75, 3.05) is 13.9 Å². The van der Waals surface area contributed by atoms with E-state index in [9.17, 15) is 14.7 Å². The number of aliphatic hydroxyl groups is 1. The second kappa shape index (κ2) is 22.6. The molecule has 7 rings (SSSR count). The summed E-state index contributed by atoms with van der Waals surface area (Å²) in [5.41, 5.74) is 3.05. The lowest BCUT2D eigenvalue weighted by Crippen LogP contribution is -2.45. The molecule has 3 heterocycles. The summed E-state index contributed by atoms with van der Waals surface area (Å²) in [5.74, 6) is -1.46. The van der Waals surface area contributed by atoms with Crippen LogP contribution in [0.4, 0.5) is 0 Å². The molecule has 3 aliphatic rings. The van der Waals surface area contributed by atoms with Crippen molar-refractivity contribution in [1.29, 1.82) is 0 Å². The van der Waals surface area contributed by atoms with Crippen molar-refractivity contribution in [3.63, 3.8) is 0 Å². The predicted octanol–water partition coefficient (Wildman–Crippen LogP) is 10.7. The van der Waals surface area contributed by atoms with E-state index in [0.29, 0.717) is 30.6 Å². The Morgan fingerprint density at radius 2 is 1.44 bits per heavy atom. The lowest BCUT2D eigenvalue weighted by molar-refractivity contribution is -0.177. The van der Waals surface area contributed by atoms with Gasteiger partial charge in [0.25, 0.3) is 0 Å². The van der Waals surface area contributed by atoms with Gasteiger partial charge in [-0.1, -0.05) is 110 Å². The molecular formula is C54H68O10. The summed E-state index contributed by atoms with van der Waals surface area (Å²) < 4.78 is 43.3. The summed E-state index contributed by atoms with van der Waals surface area (Å²) in [7, 11) is 1.60. The van der Waals surface area contributed by atoms with Crippen LogP contribution in [0.3, 0.4) is 0 Å². The number of methoxy groups -OCH3 is 1. The van der Waals surface area contributed by atoms with Gasteiger partial charge in [0.05, 0.1) is 42.0 Å². The first-order valence-corrected chi connectivity index (χ1v) is 23.5. The molecule has 0 radical (unpaired) electrons. The Balaban J connectivity index is 0.870. The fourth-order valence-electron chi connectivity index (χ4n) is 9.58. The Morgan fingerprint density at radius 1 is 0.797 bits per heavy atom. The number of rotatable bonds is 21. The SMILES string of the molecule is COCO[C@@H](C[C@@H]1CCC[C@H](C(C)(C)C(=O)OCc2ccccc2)O1)C[C@@H](O)[C@@H](C)CC[C@@H]1CCC[C@H](CCCc2cccc3c2C(=O)OC(c2ccccc2)(c2ccccc2)O3)O1. The summed E-state index contributed by atoms with van der Waals surface area (Å²) in [6.07, 6.45) is 10.0. The van der Waals surface area contributed by atoms with Crippen LogP contribution in [-0.4, -0.2) is 67.6 Å². The third-order valence-corrected chi connectivity index (χ3v) is 13.5. The number of aliphatic hydroxyl groups excluding tert-OH is 1. The number of fused-ring (bicyclic) bond motifs is 1. The van der Waals surface area contributed by atoms with Gasteiger partial charge in [-0.05, 0) is 120 Å². The number of benzene rings is 4. The lowest BCUT2D eigenvalue weighted by atomic mass is 9.81. The summed E-state index contributed by atoms with van der Waals surface area (Å²) in [5, 5.41) is 11.5. The maximum atomic E-state index is 13.9. The summed E-state index contributed by atoms with van der Waals surface area (Å²) in [6.45, 7) is 6.28. The van der Waals surface area contributed by atoms with E-state index < -0.39 is 17.3 Å². The Hall–Kier alpha value is -4.58. The average Bonchev–Trinajstić information content (AvgIpc) is 3.32. The first-order valence-electron chi connectivity index (χ1n) is 23.5. The first-order chi connectivity index (χ1) is 31.1. The number of hydrogen-bond acceptors (Lipinski definition) is 10. The van der Waals surface area contributed by atoms with Gasteiger partial charge in [0.2, 0.25) is 0 Å². The number of aryl methyl sites for hydroxylation is 1. The maximum Gasteiger partial charge on any atom is 0.346 e. The van der Waals surface area contributed by atoms with Gasteiger partial charge in [0, 0.05) is 18.2 Å². The molecule has 0 spiro atoms. The van der Waals surface area contributed by atoms with Crippen molar-refractivity contribution in [1.82, 2.24) is 0 Å². The highest BCUT2D eigenvalue weighted by Crippen LogP contribution is 2.44. The molecule has 10 heteroatoms. The van der Waals surface area contributed by atoms with Crippen molar-refractivity contribution < 1.29 is 47.9 Å². The largest absolute Gasteiger partial charge is 0.460 e. The molecule has 10 nitrogen and oxygen atoms in total. The number of cyclic esters (lactones) is 1. The Labute approximate surface area is 379 Å². The molecule has 344 valence electrons. The zero-order chi connectivity index (χ0) is 44.9. The van der Waals surface area contributed by atoms with E-state index in [1.54, 1.807) is 7.11 Å². The number of carbonyl (C=O) groups excluding carboxylic acids is 2. The van der Waals surface area contributed by atoms with E-state index in [0.717, 1.165) is 86.5 Å². The van der Waals surface area contributed by atoms with Crippen LogP contribution in [-0.2, 0) is 52.0 Å². The Bertz CT molecular complexity index is 2020. The standard InChI is InChI=1S/C54H68O10/c1-38(47(55)35-46(60-37-58-4)34-45-29-17-31-49(62-45)53(2,3)52(57)59-36-39-18-8-5-9-19-39)32-33-44-28-16-27-43(61-44)26-14-20-40-21-15-30-48-50(40)51(56)64-54(63-48,41-22-10-6-11-23-41)42-24-12-7-13-25-42/h5-13,15,18-19,21-25,30,38,43-47,49,55H,14,16-17,20,26-29,31-37H2,1-4H3/t38-,43-,44-,45-,46-,47+,49+/m0/s1. The topological polar surface area (TPSA) is 119 Å². The fraction of sp³-hybridized carbons (Fsp3) is 0.519. The molecule has 2 saturated heterocycles. The van der Waals surface area contributed by atoms with E-state index in [-0.39, 0.29) is 61.8 Å². The fourth-order valence-corrected chi connectivity index (χ4v) is 9.58. The van der Waals surface area contributed by atoms with Crippen molar-refractivity contribution in [2.45, 2.75) is 153 Å². The molecule has 3 aliphatic heterocycles. The van der Waals surface area contributed by atoms with Gasteiger partial charge in [0.15, 0.2) is 0 Å². The molecule has 1 N–H and O–H groups in total. The van der Waals surface area contributed by atoms with E-state index in [1.165, 1.54) is 0 Å². The second-order valence-corrected chi connectivity index (χ2v) is 18.6. The van der Waals surface area contributed by atoms with Crippen LogP contribution in [0.15, 0.2) is 109 Å². The number of hydrogen-bond donors (Lipinski definition) is 1. The molecule has 0 saturated carbocycles. The lowest BCUT2D eigenvalue weighted by Gasteiger charge is -2.39. The van der Waals surface area contributed by atoms with E-state index in [4.69, 9.17) is 33.2 Å². The van der Waals surface area contributed by atoms with Gasteiger partial charge in [-0.15, -0.1) is 0 Å². The van der Waals surface area contributed by atoms with Gasteiger partial charge in [-0.25, -0.2) is 4.79 Å². The molecule has 0 amide bonds. The highest BCUT2D eigenvalue weighted by atomic mass is 16.7. The summed E-state index contributed by atoms with van der Waals surface area (Å²) >= 11 is 0. The third-order valence-electron chi connectivity index (χ3n) is 13.5. The average molecular weight is 877 g/mol. The summed E-state index contributed by atoms with van der Waals surface area (Å²) in [6, 6.07) is 34.8. The Morgan fingerprint density at radius 3 is 2.12 bits per heavy atom. The zero-order valence-electron chi connectivity index (χ0n) is 38.2. The maximum absolute atomic E-state index is 13.9. The number of ether oxygens (including phenoxy) is 7. The molecular weight excluding hydrogens is 809 g/mol.